The number of benzene rings is 2. The maximum atomic E-state index is 7.50. The fraction of sp³-hybridized carbons (Fsp3) is 0.0526. The summed E-state index contributed by atoms with van der Waals surface area (Å²) < 4.78 is 27.9. The average molecular weight is 289 g/mol. The molecule has 4 aromatic rings. The number of para-hydroxylation sites is 1. The van der Waals surface area contributed by atoms with Crippen LogP contribution in [-0.4, -0.2) is 9.97 Å². The molecular weight excluding hydrogens is 272 g/mol. The van der Waals surface area contributed by atoms with Gasteiger partial charge >= 0.3 is 0 Å². The van der Waals surface area contributed by atoms with Crippen molar-refractivity contribution in [2.75, 3.05) is 0 Å². The summed E-state index contributed by atoms with van der Waals surface area (Å²) in [5, 5.41) is 0. The van der Waals surface area contributed by atoms with Crippen LogP contribution in [0.25, 0.3) is 33.5 Å². The van der Waals surface area contributed by atoms with Crippen molar-refractivity contribution in [2.24, 2.45) is 0 Å². The summed E-state index contributed by atoms with van der Waals surface area (Å²) in [6.07, 6.45) is 1.75. The zero-order valence-corrected chi connectivity index (χ0v) is 11.7. The van der Waals surface area contributed by atoms with E-state index in [2.05, 4.69) is 9.97 Å². The van der Waals surface area contributed by atoms with Crippen LogP contribution in [0, 0.1) is 6.85 Å². The first kappa shape index (κ1) is 9.90. The lowest BCUT2D eigenvalue weighted by atomic mass is 10.0. The molecule has 2 aromatic heterocycles. The molecule has 22 heavy (non-hydrogen) atoms. The summed E-state index contributed by atoms with van der Waals surface area (Å²) in [4.78, 5) is 8.59. The smallest absolute Gasteiger partial charge is 0.192 e. The van der Waals surface area contributed by atoms with Crippen LogP contribution >= 0.6 is 0 Å². The minimum absolute atomic E-state index is 0.240. The van der Waals surface area contributed by atoms with Crippen LogP contribution in [0.4, 0.5) is 0 Å². The molecule has 0 fully saturated rings. The van der Waals surface area contributed by atoms with Gasteiger partial charge in [0, 0.05) is 28.3 Å². The van der Waals surface area contributed by atoms with Crippen molar-refractivity contribution in [3.05, 3.63) is 72.8 Å². The van der Waals surface area contributed by atoms with Gasteiger partial charge in [0.15, 0.2) is 11.5 Å². The molecule has 3 nitrogen and oxygen atoms in total. The number of aryl methyl sites for hydroxylation is 1. The Morgan fingerprint density at radius 2 is 1.86 bits per heavy atom. The van der Waals surface area contributed by atoms with Gasteiger partial charge in [-0.1, -0.05) is 36.4 Å². The van der Waals surface area contributed by atoms with Gasteiger partial charge in [-0.3, -0.25) is 4.98 Å². The lowest BCUT2D eigenvalue weighted by Gasteiger charge is -2.05. The Morgan fingerprint density at radius 3 is 2.73 bits per heavy atom. The number of fused-ring (bicyclic) bond motifs is 1. The van der Waals surface area contributed by atoms with Crippen LogP contribution in [-0.2, 0) is 0 Å². The van der Waals surface area contributed by atoms with E-state index in [0.717, 1.165) is 22.4 Å². The third-order valence-electron chi connectivity index (χ3n) is 3.55. The first-order valence-electron chi connectivity index (χ1n) is 8.44. The molecule has 0 N–H and O–H groups in total. The SMILES string of the molecule is [2H]C([2H])([2H])c1nc2c(-c3cccc(-c4ccccn4)c3)cccc2o1. The van der Waals surface area contributed by atoms with Gasteiger partial charge in [0.2, 0.25) is 0 Å². The summed E-state index contributed by atoms with van der Waals surface area (Å²) in [7, 11) is 0. The van der Waals surface area contributed by atoms with E-state index >= 15 is 0 Å². The Morgan fingerprint density at radius 1 is 0.955 bits per heavy atom. The minimum atomic E-state index is -2.37. The number of aromatic nitrogens is 2. The fourth-order valence-electron chi connectivity index (χ4n) is 2.56. The van der Waals surface area contributed by atoms with Gasteiger partial charge in [0.05, 0.1) is 5.69 Å². The molecule has 0 atom stereocenters. The van der Waals surface area contributed by atoms with E-state index in [4.69, 9.17) is 8.53 Å². The van der Waals surface area contributed by atoms with E-state index in [0.29, 0.717) is 11.1 Å². The molecule has 0 aliphatic carbocycles. The molecular formula is C19H14N2O. The average Bonchev–Trinajstić information content (AvgIpc) is 3.07. The molecule has 0 amide bonds. The van der Waals surface area contributed by atoms with Crippen LogP contribution < -0.4 is 0 Å². The second-order valence-corrected chi connectivity index (χ2v) is 4.97. The summed E-state index contributed by atoms with van der Waals surface area (Å²) >= 11 is 0. The van der Waals surface area contributed by atoms with Crippen molar-refractivity contribution in [2.45, 2.75) is 6.85 Å². The van der Waals surface area contributed by atoms with Crippen molar-refractivity contribution in [1.82, 2.24) is 9.97 Å². The van der Waals surface area contributed by atoms with Crippen molar-refractivity contribution < 1.29 is 8.53 Å². The third kappa shape index (κ3) is 2.17. The highest BCUT2D eigenvalue weighted by Gasteiger charge is 2.10. The number of pyridine rings is 1. The maximum Gasteiger partial charge on any atom is 0.192 e. The Balaban J connectivity index is 1.86. The van der Waals surface area contributed by atoms with Gasteiger partial charge in [-0.15, -0.1) is 0 Å². The van der Waals surface area contributed by atoms with Gasteiger partial charge in [0.1, 0.15) is 5.52 Å². The highest BCUT2D eigenvalue weighted by atomic mass is 16.3. The van der Waals surface area contributed by atoms with E-state index in [9.17, 15) is 0 Å². The Bertz CT molecular complexity index is 1040. The van der Waals surface area contributed by atoms with Gasteiger partial charge in [0.25, 0.3) is 0 Å². The van der Waals surface area contributed by atoms with Gasteiger partial charge in [-0.2, -0.15) is 0 Å². The molecule has 0 bridgehead atoms. The molecule has 4 rings (SSSR count). The number of rotatable bonds is 2. The van der Waals surface area contributed by atoms with E-state index in [-0.39, 0.29) is 5.89 Å². The van der Waals surface area contributed by atoms with Crippen LogP contribution in [0.15, 0.2) is 71.3 Å². The predicted octanol–water partition coefficient (Wildman–Crippen LogP) is 4.87. The number of oxazole rings is 1. The summed E-state index contributed by atoms with van der Waals surface area (Å²) in [6.45, 7) is -2.37. The molecule has 106 valence electrons. The van der Waals surface area contributed by atoms with Gasteiger partial charge in [-0.25, -0.2) is 4.98 Å². The van der Waals surface area contributed by atoms with Crippen molar-refractivity contribution in [3.8, 4) is 22.4 Å². The fourth-order valence-corrected chi connectivity index (χ4v) is 2.56. The summed E-state index contributed by atoms with van der Waals surface area (Å²) in [6, 6.07) is 19.1. The van der Waals surface area contributed by atoms with Crippen molar-refractivity contribution >= 4 is 11.1 Å². The molecule has 2 aromatic carbocycles. The second kappa shape index (κ2) is 5.11. The first-order chi connectivity index (χ1) is 12.0. The van der Waals surface area contributed by atoms with Gasteiger partial charge < -0.3 is 4.42 Å². The molecule has 0 unspecified atom stereocenters. The van der Waals surface area contributed by atoms with E-state index < -0.39 is 6.85 Å². The summed E-state index contributed by atoms with van der Waals surface area (Å²) in [5.41, 5.74) is 4.63. The second-order valence-electron chi connectivity index (χ2n) is 4.97. The Labute approximate surface area is 132 Å². The van der Waals surface area contributed by atoms with Crippen LogP contribution in [0.5, 0.6) is 0 Å². The molecule has 0 radical (unpaired) electrons. The minimum Gasteiger partial charge on any atom is -0.441 e. The molecule has 2 heterocycles. The zero-order chi connectivity index (χ0) is 17.4. The highest BCUT2D eigenvalue weighted by Crippen LogP contribution is 2.30. The molecule has 0 saturated carbocycles. The van der Waals surface area contributed by atoms with Crippen LogP contribution in [0.1, 0.15) is 10.0 Å². The molecule has 0 spiro atoms. The Hall–Kier alpha value is -2.94. The summed E-state index contributed by atoms with van der Waals surface area (Å²) in [5.74, 6) is -0.240. The normalized spacial score (nSPS) is 13.5. The van der Waals surface area contributed by atoms with E-state index in [1.807, 2.05) is 54.6 Å². The molecule has 3 heteroatoms. The van der Waals surface area contributed by atoms with Crippen molar-refractivity contribution in [1.29, 1.82) is 0 Å². The molecule has 0 saturated heterocycles. The van der Waals surface area contributed by atoms with Crippen molar-refractivity contribution in [3.63, 3.8) is 0 Å². The standard InChI is InChI=1S/C19H14N2O/c1-13-21-19-16(8-5-10-18(19)22-13)14-6-4-7-15(12-14)17-9-2-3-11-20-17/h2-12H,1H3/i1D3. The Kier molecular flexibility index (Phi) is 2.30. The third-order valence-corrected chi connectivity index (χ3v) is 3.55. The zero-order valence-electron chi connectivity index (χ0n) is 14.7. The highest BCUT2D eigenvalue weighted by molar-refractivity contribution is 5.91. The number of hydrogen-bond donors (Lipinski definition) is 0. The van der Waals surface area contributed by atoms with Gasteiger partial charge in [-0.05, 0) is 29.8 Å². The quantitative estimate of drug-likeness (QED) is 0.528. The van der Waals surface area contributed by atoms with Crippen LogP contribution in [0.2, 0.25) is 0 Å². The maximum absolute atomic E-state index is 7.50. The monoisotopic (exact) mass is 289 g/mol. The molecule has 0 aliphatic rings. The van der Waals surface area contributed by atoms with E-state index in [1.54, 1.807) is 12.3 Å². The molecule has 0 aliphatic heterocycles. The largest absolute Gasteiger partial charge is 0.441 e. The topological polar surface area (TPSA) is 38.9 Å². The first-order valence-corrected chi connectivity index (χ1v) is 6.94. The van der Waals surface area contributed by atoms with E-state index in [1.165, 1.54) is 0 Å². The lowest BCUT2D eigenvalue weighted by molar-refractivity contribution is 0.561. The number of nitrogens with zero attached hydrogens (tertiary/aromatic N) is 2. The van der Waals surface area contributed by atoms with Crippen LogP contribution in [0.3, 0.4) is 0 Å². The number of hydrogen-bond acceptors (Lipinski definition) is 3. The predicted molar refractivity (Wildman–Crippen MR) is 87.4 cm³/mol. The lowest BCUT2D eigenvalue weighted by Crippen LogP contribution is -1.85.